The Labute approximate surface area is 163 Å². The van der Waals surface area contributed by atoms with Crippen LogP contribution in [0.2, 0.25) is 0 Å². The van der Waals surface area contributed by atoms with Crippen molar-refractivity contribution in [2.75, 3.05) is 31.1 Å². The Morgan fingerprint density at radius 3 is 2.07 bits per heavy atom. The molecule has 0 spiro atoms. The molecule has 8 heteroatoms. The highest BCUT2D eigenvalue weighted by Crippen LogP contribution is 2.16. The highest BCUT2D eigenvalue weighted by molar-refractivity contribution is 6.08. The summed E-state index contributed by atoms with van der Waals surface area (Å²) in [5.74, 6) is -0.158. The second kappa shape index (κ2) is 7.92. The van der Waals surface area contributed by atoms with Gasteiger partial charge in [0.15, 0.2) is 5.78 Å². The fraction of sp³-hybridized carbons (Fsp3) is 0.400. The molecule has 2 heterocycles. The van der Waals surface area contributed by atoms with Crippen molar-refractivity contribution < 1.29 is 18.7 Å². The lowest BCUT2D eigenvalue weighted by Gasteiger charge is -2.35. The molecule has 0 bridgehead atoms. The second-order valence-corrected chi connectivity index (χ2v) is 7.56. The summed E-state index contributed by atoms with van der Waals surface area (Å²) in [5.41, 5.74) is 0.191. The first-order valence-electron chi connectivity index (χ1n) is 9.08. The molecule has 7 nitrogen and oxygen atoms in total. The minimum Gasteiger partial charge on any atom is -0.444 e. The number of halogens is 1. The third kappa shape index (κ3) is 4.82. The average molecular weight is 386 g/mol. The predicted molar refractivity (Wildman–Crippen MR) is 102 cm³/mol. The first-order chi connectivity index (χ1) is 13.2. The Hall–Kier alpha value is -3.03. The van der Waals surface area contributed by atoms with Crippen LogP contribution in [-0.2, 0) is 4.74 Å². The SMILES string of the molecule is CC(C)(C)OC(=O)N1CCN(c2ncc(C(=O)c3ccc(F)cc3)cn2)CC1. The number of nitrogens with zero attached hydrogens (tertiary/aromatic N) is 4. The van der Waals surface area contributed by atoms with Crippen LogP contribution >= 0.6 is 0 Å². The first kappa shape index (κ1) is 19.7. The maximum Gasteiger partial charge on any atom is 0.410 e. The van der Waals surface area contributed by atoms with Crippen LogP contribution in [0.15, 0.2) is 36.7 Å². The van der Waals surface area contributed by atoms with E-state index in [4.69, 9.17) is 4.74 Å². The lowest BCUT2D eigenvalue weighted by atomic mass is 10.1. The van der Waals surface area contributed by atoms with E-state index in [1.165, 1.54) is 36.7 Å². The molecule has 0 aliphatic carbocycles. The van der Waals surface area contributed by atoms with Crippen molar-refractivity contribution >= 4 is 17.8 Å². The average Bonchev–Trinajstić information content (AvgIpc) is 2.67. The van der Waals surface area contributed by atoms with Gasteiger partial charge >= 0.3 is 6.09 Å². The van der Waals surface area contributed by atoms with Gasteiger partial charge in [0, 0.05) is 44.1 Å². The molecule has 3 rings (SSSR count). The van der Waals surface area contributed by atoms with E-state index in [-0.39, 0.29) is 11.9 Å². The zero-order chi connectivity index (χ0) is 20.3. The number of anilines is 1. The van der Waals surface area contributed by atoms with E-state index in [2.05, 4.69) is 9.97 Å². The number of ketones is 1. The van der Waals surface area contributed by atoms with Crippen molar-refractivity contribution in [1.29, 1.82) is 0 Å². The van der Waals surface area contributed by atoms with Crippen molar-refractivity contribution in [3.8, 4) is 0 Å². The maximum atomic E-state index is 13.0. The number of hydrogen-bond acceptors (Lipinski definition) is 6. The molecule has 1 aromatic heterocycles. The predicted octanol–water partition coefficient (Wildman–Crippen LogP) is 2.90. The summed E-state index contributed by atoms with van der Waals surface area (Å²) < 4.78 is 18.4. The summed E-state index contributed by atoms with van der Waals surface area (Å²) in [6.07, 6.45) is 2.61. The van der Waals surface area contributed by atoms with Crippen LogP contribution in [0.4, 0.5) is 15.1 Å². The zero-order valence-corrected chi connectivity index (χ0v) is 16.2. The molecule has 0 saturated carbocycles. The quantitative estimate of drug-likeness (QED) is 0.755. The Morgan fingerprint density at radius 1 is 0.964 bits per heavy atom. The fourth-order valence-electron chi connectivity index (χ4n) is 2.79. The molecule has 0 radical (unpaired) electrons. The summed E-state index contributed by atoms with van der Waals surface area (Å²) >= 11 is 0. The molecule has 1 aliphatic heterocycles. The van der Waals surface area contributed by atoms with Crippen LogP contribution in [0.25, 0.3) is 0 Å². The normalized spacial score (nSPS) is 14.7. The van der Waals surface area contributed by atoms with E-state index in [1.54, 1.807) is 4.90 Å². The van der Waals surface area contributed by atoms with E-state index >= 15 is 0 Å². The van der Waals surface area contributed by atoms with Gasteiger partial charge in [-0.25, -0.2) is 19.2 Å². The smallest absolute Gasteiger partial charge is 0.410 e. The van der Waals surface area contributed by atoms with E-state index in [0.29, 0.717) is 43.3 Å². The number of amides is 1. The van der Waals surface area contributed by atoms with Crippen LogP contribution in [0.3, 0.4) is 0 Å². The van der Waals surface area contributed by atoms with Gasteiger partial charge in [-0.2, -0.15) is 0 Å². The number of carbonyl (C=O) groups excluding carboxylic acids is 2. The topological polar surface area (TPSA) is 75.6 Å². The number of ether oxygens (including phenoxy) is 1. The molecule has 28 heavy (non-hydrogen) atoms. The van der Waals surface area contributed by atoms with E-state index < -0.39 is 11.4 Å². The minimum absolute atomic E-state index is 0.263. The van der Waals surface area contributed by atoms with Crippen LogP contribution < -0.4 is 4.90 Å². The minimum atomic E-state index is -0.524. The lowest BCUT2D eigenvalue weighted by molar-refractivity contribution is 0.0240. The van der Waals surface area contributed by atoms with Crippen molar-refractivity contribution in [2.45, 2.75) is 26.4 Å². The lowest BCUT2D eigenvalue weighted by Crippen LogP contribution is -2.50. The van der Waals surface area contributed by atoms with Gasteiger partial charge in [0.2, 0.25) is 5.95 Å². The van der Waals surface area contributed by atoms with Gasteiger partial charge < -0.3 is 14.5 Å². The first-order valence-corrected chi connectivity index (χ1v) is 9.08. The molecule has 0 unspecified atom stereocenters. The second-order valence-electron chi connectivity index (χ2n) is 7.56. The van der Waals surface area contributed by atoms with Crippen LogP contribution in [-0.4, -0.2) is 58.5 Å². The molecule has 0 atom stereocenters. The summed E-state index contributed by atoms with van der Waals surface area (Å²) in [7, 11) is 0. The molecule has 1 aromatic carbocycles. The van der Waals surface area contributed by atoms with Crippen molar-refractivity contribution in [3.05, 3.63) is 53.6 Å². The van der Waals surface area contributed by atoms with Crippen molar-refractivity contribution in [3.63, 3.8) is 0 Å². The maximum absolute atomic E-state index is 13.0. The van der Waals surface area contributed by atoms with Gasteiger partial charge in [0.1, 0.15) is 11.4 Å². The Kier molecular flexibility index (Phi) is 5.58. The molecule has 1 saturated heterocycles. The zero-order valence-electron chi connectivity index (χ0n) is 16.2. The molecule has 1 fully saturated rings. The van der Waals surface area contributed by atoms with Gasteiger partial charge in [-0.05, 0) is 45.0 Å². The number of carbonyl (C=O) groups is 2. The van der Waals surface area contributed by atoms with Gasteiger partial charge in [0.25, 0.3) is 0 Å². The van der Waals surface area contributed by atoms with Crippen LogP contribution in [0.5, 0.6) is 0 Å². The van der Waals surface area contributed by atoms with Gasteiger partial charge in [0.05, 0.1) is 5.56 Å². The molecule has 1 aliphatic rings. The van der Waals surface area contributed by atoms with Crippen molar-refractivity contribution in [1.82, 2.24) is 14.9 Å². The monoisotopic (exact) mass is 386 g/mol. The number of aromatic nitrogens is 2. The van der Waals surface area contributed by atoms with Gasteiger partial charge in [-0.1, -0.05) is 0 Å². The Balaban J connectivity index is 1.60. The van der Waals surface area contributed by atoms with E-state index in [1.807, 2.05) is 25.7 Å². The number of benzene rings is 1. The molecule has 2 aromatic rings. The van der Waals surface area contributed by atoms with Gasteiger partial charge in [-0.15, -0.1) is 0 Å². The van der Waals surface area contributed by atoms with Crippen LogP contribution in [0, 0.1) is 5.82 Å². The molecule has 148 valence electrons. The number of hydrogen-bond donors (Lipinski definition) is 0. The third-order valence-corrected chi connectivity index (χ3v) is 4.22. The van der Waals surface area contributed by atoms with E-state index in [9.17, 15) is 14.0 Å². The Bertz CT molecular complexity index is 839. The van der Waals surface area contributed by atoms with Crippen LogP contribution in [0.1, 0.15) is 36.7 Å². The number of piperazine rings is 1. The fourth-order valence-corrected chi connectivity index (χ4v) is 2.79. The molecular weight excluding hydrogens is 363 g/mol. The highest BCUT2D eigenvalue weighted by Gasteiger charge is 2.26. The largest absolute Gasteiger partial charge is 0.444 e. The Morgan fingerprint density at radius 2 is 1.54 bits per heavy atom. The van der Waals surface area contributed by atoms with Gasteiger partial charge in [-0.3, -0.25) is 4.79 Å². The summed E-state index contributed by atoms with van der Waals surface area (Å²) in [4.78, 5) is 36.7. The van der Waals surface area contributed by atoms with Crippen molar-refractivity contribution in [2.24, 2.45) is 0 Å². The van der Waals surface area contributed by atoms with E-state index in [0.717, 1.165) is 0 Å². The highest BCUT2D eigenvalue weighted by atomic mass is 19.1. The molecular formula is C20H23FN4O3. The molecule has 0 N–H and O–H groups in total. The third-order valence-electron chi connectivity index (χ3n) is 4.22. The standard InChI is InChI=1S/C20H23FN4O3/c1-20(2,3)28-19(27)25-10-8-24(9-11-25)18-22-12-15(13-23-18)17(26)14-4-6-16(21)7-5-14/h4-7,12-13H,8-11H2,1-3H3. The summed E-state index contributed by atoms with van der Waals surface area (Å²) in [6.45, 7) is 7.68. The molecule has 1 amide bonds. The number of rotatable bonds is 3. The summed E-state index contributed by atoms with van der Waals surface area (Å²) in [6, 6.07) is 5.35. The summed E-state index contributed by atoms with van der Waals surface area (Å²) in [5, 5.41) is 0.